The van der Waals surface area contributed by atoms with Crippen molar-refractivity contribution in [3.63, 3.8) is 0 Å². The van der Waals surface area contributed by atoms with E-state index >= 15 is 0 Å². The number of nitrogens with zero attached hydrogens (tertiary/aromatic N) is 3. The van der Waals surface area contributed by atoms with Gasteiger partial charge in [-0.1, -0.05) is 58.8 Å². The highest BCUT2D eigenvalue weighted by atomic mass is 79.9. The van der Waals surface area contributed by atoms with Crippen LogP contribution in [0.2, 0.25) is 0 Å². The number of hydrogen-bond acceptors (Lipinski definition) is 7. The van der Waals surface area contributed by atoms with Crippen molar-refractivity contribution < 1.29 is 19.1 Å². The van der Waals surface area contributed by atoms with Crippen LogP contribution in [0.25, 0.3) is 5.57 Å². The second-order valence-corrected chi connectivity index (χ2v) is 11.0. The minimum atomic E-state index is -0.849. The molecule has 5 rings (SSSR count). The van der Waals surface area contributed by atoms with Crippen LogP contribution in [0.4, 0.5) is 5.69 Å². The summed E-state index contributed by atoms with van der Waals surface area (Å²) in [6, 6.07) is 12.1. The van der Waals surface area contributed by atoms with Crippen LogP contribution in [0.3, 0.4) is 0 Å². The highest BCUT2D eigenvalue weighted by Crippen LogP contribution is 2.39. The molecule has 0 fully saturated rings. The van der Waals surface area contributed by atoms with Crippen LogP contribution in [0.5, 0.6) is 5.75 Å². The molecule has 2 aromatic carbocycles. The fourth-order valence-electron chi connectivity index (χ4n) is 5.20. The molecule has 39 heavy (non-hydrogen) atoms. The quantitative estimate of drug-likeness (QED) is 0.376. The first-order chi connectivity index (χ1) is 18.9. The Morgan fingerprint density at radius 3 is 2.59 bits per heavy atom. The number of thiazole rings is 1. The molecule has 1 atom stereocenters. The number of fused-ring (bicyclic) bond motifs is 2. The molecular formula is C29H28BrN3O5S. The van der Waals surface area contributed by atoms with Crippen LogP contribution in [0.1, 0.15) is 50.8 Å². The molecule has 0 aliphatic carbocycles. The molecule has 202 valence electrons. The Labute approximate surface area is 238 Å². The predicted molar refractivity (Wildman–Crippen MR) is 154 cm³/mol. The monoisotopic (exact) mass is 609 g/mol. The zero-order valence-corrected chi connectivity index (χ0v) is 24.5. The normalized spacial score (nSPS) is 17.6. The van der Waals surface area contributed by atoms with Crippen molar-refractivity contribution in [2.24, 2.45) is 4.99 Å². The number of halogens is 1. The molecule has 2 aliphatic heterocycles. The summed E-state index contributed by atoms with van der Waals surface area (Å²) in [6.07, 6.45) is 1.26. The first kappa shape index (κ1) is 27.1. The number of benzene rings is 2. The number of anilines is 1. The van der Waals surface area contributed by atoms with E-state index in [0.717, 1.165) is 16.6 Å². The predicted octanol–water partition coefficient (Wildman–Crippen LogP) is 4.09. The van der Waals surface area contributed by atoms with Crippen molar-refractivity contribution in [1.29, 1.82) is 0 Å². The third-order valence-electron chi connectivity index (χ3n) is 6.82. The number of esters is 1. The van der Waals surface area contributed by atoms with Gasteiger partial charge in [0.25, 0.3) is 11.5 Å². The molecule has 0 N–H and O–H groups in total. The molecule has 2 aliphatic rings. The van der Waals surface area contributed by atoms with Crippen LogP contribution in [0.15, 0.2) is 68.0 Å². The van der Waals surface area contributed by atoms with Crippen molar-refractivity contribution in [1.82, 2.24) is 4.57 Å². The largest absolute Gasteiger partial charge is 0.496 e. The standard InChI is InChI=1S/C29H28BrN3O5S/c1-5-10-19-23(28(36)38-7-3)24(18-15-16(30)13-14-21(18)37-4)33-27(35)25(39-29(33)31-19)22-17-11-8-9-12-20(17)32(6-2)26(22)34/h8-9,11-15,24H,5-7,10H2,1-4H3/b25-22-/t24-/m1/s1. The smallest absolute Gasteiger partial charge is 0.338 e. The number of hydrogen-bond donors (Lipinski definition) is 0. The van der Waals surface area contributed by atoms with E-state index in [9.17, 15) is 14.4 Å². The Kier molecular flexibility index (Phi) is 7.59. The number of allylic oxidation sites excluding steroid dienone is 1. The number of amides is 1. The zero-order chi connectivity index (χ0) is 27.8. The average molecular weight is 611 g/mol. The van der Waals surface area contributed by atoms with Gasteiger partial charge in [0.1, 0.15) is 16.3 Å². The Bertz CT molecular complexity index is 1700. The zero-order valence-electron chi connectivity index (χ0n) is 22.1. The van der Waals surface area contributed by atoms with Crippen molar-refractivity contribution >= 4 is 50.4 Å². The van der Waals surface area contributed by atoms with E-state index in [0.29, 0.717) is 56.0 Å². The van der Waals surface area contributed by atoms with Gasteiger partial charge < -0.3 is 14.4 Å². The molecule has 10 heteroatoms. The lowest BCUT2D eigenvalue weighted by molar-refractivity contribution is -0.139. The van der Waals surface area contributed by atoms with E-state index in [1.165, 1.54) is 15.9 Å². The lowest BCUT2D eigenvalue weighted by Gasteiger charge is -2.27. The van der Waals surface area contributed by atoms with Gasteiger partial charge in [-0.15, -0.1) is 0 Å². The average Bonchev–Trinajstić information content (AvgIpc) is 3.40. The van der Waals surface area contributed by atoms with Gasteiger partial charge in [-0.25, -0.2) is 9.79 Å². The molecule has 3 heterocycles. The van der Waals surface area contributed by atoms with Crippen molar-refractivity contribution in [3.05, 3.63) is 89.0 Å². The maximum Gasteiger partial charge on any atom is 0.338 e. The molecule has 8 nitrogen and oxygen atoms in total. The molecule has 0 unspecified atom stereocenters. The number of para-hydroxylation sites is 1. The van der Waals surface area contributed by atoms with Gasteiger partial charge in [-0.05, 0) is 44.5 Å². The van der Waals surface area contributed by atoms with Gasteiger partial charge in [-0.2, -0.15) is 0 Å². The number of aromatic nitrogens is 1. The van der Waals surface area contributed by atoms with Crippen molar-refractivity contribution in [3.8, 4) is 5.75 Å². The summed E-state index contributed by atoms with van der Waals surface area (Å²) >= 11 is 4.71. The summed E-state index contributed by atoms with van der Waals surface area (Å²) in [7, 11) is 1.55. The third kappa shape index (κ3) is 4.45. The summed E-state index contributed by atoms with van der Waals surface area (Å²) in [5.74, 6) is -0.242. The van der Waals surface area contributed by atoms with E-state index in [1.807, 2.05) is 50.2 Å². The Morgan fingerprint density at radius 1 is 1.13 bits per heavy atom. The molecule has 1 aromatic heterocycles. The van der Waals surface area contributed by atoms with Gasteiger partial charge in [0.05, 0.1) is 36.2 Å². The van der Waals surface area contributed by atoms with E-state index in [4.69, 9.17) is 14.5 Å². The molecule has 0 saturated carbocycles. The van der Waals surface area contributed by atoms with Crippen LogP contribution in [-0.4, -0.2) is 36.7 Å². The fraction of sp³-hybridized carbons (Fsp3) is 0.310. The highest BCUT2D eigenvalue weighted by Gasteiger charge is 2.38. The molecule has 0 spiro atoms. The number of carbonyl (C=O) groups excluding carboxylic acids is 2. The maximum atomic E-state index is 14.3. The Balaban J connectivity index is 1.89. The van der Waals surface area contributed by atoms with E-state index in [1.54, 1.807) is 25.0 Å². The SMILES string of the molecule is CCCC1=C(C(=O)OCC)[C@@H](c2cc(Br)ccc2OC)n2c(s/c(=C3\C(=O)N(CC)c4ccccc43)c2=O)=N1. The van der Waals surface area contributed by atoms with Gasteiger partial charge >= 0.3 is 5.97 Å². The van der Waals surface area contributed by atoms with E-state index in [-0.39, 0.29) is 18.1 Å². The lowest BCUT2D eigenvalue weighted by atomic mass is 9.93. The number of ether oxygens (including phenoxy) is 2. The van der Waals surface area contributed by atoms with Crippen LogP contribution < -0.4 is 24.5 Å². The maximum absolute atomic E-state index is 14.3. The van der Waals surface area contributed by atoms with Crippen molar-refractivity contribution in [2.45, 2.75) is 39.7 Å². The number of methoxy groups -OCH3 is 1. The summed E-state index contributed by atoms with van der Waals surface area (Å²) in [5, 5.41) is 0. The topological polar surface area (TPSA) is 90.2 Å². The van der Waals surface area contributed by atoms with Crippen LogP contribution >= 0.6 is 27.3 Å². The molecule has 3 aromatic rings. The number of rotatable bonds is 7. The Hall–Kier alpha value is -3.50. The van der Waals surface area contributed by atoms with Gasteiger partial charge in [0.2, 0.25) is 0 Å². The first-order valence-electron chi connectivity index (χ1n) is 12.8. The summed E-state index contributed by atoms with van der Waals surface area (Å²) in [4.78, 5) is 48.3. The lowest BCUT2D eigenvalue weighted by Crippen LogP contribution is -2.41. The van der Waals surface area contributed by atoms with Crippen LogP contribution in [0, 0.1) is 0 Å². The molecule has 0 bridgehead atoms. The Morgan fingerprint density at radius 2 is 1.90 bits per heavy atom. The van der Waals surface area contributed by atoms with Gasteiger partial charge in [0.15, 0.2) is 4.80 Å². The number of carbonyl (C=O) groups is 2. The summed E-state index contributed by atoms with van der Waals surface area (Å²) in [6.45, 7) is 6.30. The third-order valence-corrected chi connectivity index (χ3v) is 8.37. The first-order valence-corrected chi connectivity index (χ1v) is 14.5. The number of likely N-dealkylation sites (N-methyl/N-ethyl adjacent to an activating group) is 1. The fourth-order valence-corrected chi connectivity index (χ4v) is 6.69. The highest BCUT2D eigenvalue weighted by molar-refractivity contribution is 9.10. The summed E-state index contributed by atoms with van der Waals surface area (Å²) < 4.78 is 13.7. The molecule has 0 radical (unpaired) electrons. The van der Waals surface area contributed by atoms with E-state index < -0.39 is 12.0 Å². The second kappa shape index (κ2) is 10.9. The second-order valence-electron chi connectivity index (χ2n) is 9.06. The van der Waals surface area contributed by atoms with E-state index in [2.05, 4.69) is 15.9 Å². The molecular weight excluding hydrogens is 582 g/mol. The van der Waals surface area contributed by atoms with Gasteiger partial charge in [0, 0.05) is 22.1 Å². The van der Waals surface area contributed by atoms with Crippen molar-refractivity contribution in [2.75, 3.05) is 25.2 Å². The molecule has 0 saturated heterocycles. The van der Waals surface area contributed by atoms with Gasteiger partial charge in [-0.3, -0.25) is 14.2 Å². The van der Waals surface area contributed by atoms with Crippen LogP contribution in [-0.2, 0) is 14.3 Å². The summed E-state index contributed by atoms with van der Waals surface area (Å²) in [5.41, 5.74) is 2.93. The molecule has 1 amide bonds. The minimum absolute atomic E-state index is 0.177. The minimum Gasteiger partial charge on any atom is -0.496 e.